The molecule has 3 atom stereocenters. The van der Waals surface area contributed by atoms with Crippen molar-refractivity contribution in [2.45, 2.75) is 91.8 Å². The predicted octanol–water partition coefficient (Wildman–Crippen LogP) is 4.01. The number of carbonyl (C=O) groups excluding carboxylic acids is 1. The molecule has 1 heterocycles. The van der Waals surface area contributed by atoms with Crippen LogP contribution < -0.4 is 17.2 Å². The van der Waals surface area contributed by atoms with Crippen molar-refractivity contribution in [1.82, 2.24) is 9.80 Å². The fourth-order valence-corrected chi connectivity index (χ4v) is 6.26. The maximum Gasteiger partial charge on any atom is 0.227 e. The Kier molecular flexibility index (Phi) is 11.6. The molecule has 0 aliphatic carbocycles. The summed E-state index contributed by atoms with van der Waals surface area (Å²) in [5, 5.41) is 0. The van der Waals surface area contributed by atoms with Crippen LogP contribution in [0.15, 0.2) is 41.4 Å². The molecule has 2 aromatic carbocycles. The standard InChI is InChI=1S/C33H52N6O/c1-22(2)12-31-20-38(19-29(34)18-28-10-9-23(3)14-26(28)6)30(8-7-11-37-33(35)36)21-39(31)32(40)17-27-15-24(4)13-25(5)16-27/h9-10,13-16,22,29-31H,7-8,11-12,17-21,34H2,1-6H3,(H4,35,36,37)/t29-,30?,31+/m0/s1. The lowest BCUT2D eigenvalue weighted by atomic mass is 9.93. The number of nitrogens with two attached hydrogens (primary N) is 3. The van der Waals surface area contributed by atoms with Crippen molar-refractivity contribution in [3.05, 3.63) is 69.8 Å². The number of piperazine rings is 1. The van der Waals surface area contributed by atoms with Crippen LogP contribution >= 0.6 is 0 Å². The fourth-order valence-electron chi connectivity index (χ4n) is 6.26. The van der Waals surface area contributed by atoms with Gasteiger partial charge in [-0.05, 0) is 76.0 Å². The molecule has 1 aliphatic rings. The van der Waals surface area contributed by atoms with E-state index in [1.54, 1.807) is 0 Å². The van der Waals surface area contributed by atoms with Crippen LogP contribution in [-0.2, 0) is 17.6 Å². The monoisotopic (exact) mass is 548 g/mol. The van der Waals surface area contributed by atoms with Gasteiger partial charge >= 0.3 is 0 Å². The molecule has 0 saturated carbocycles. The Morgan fingerprint density at radius 1 is 0.975 bits per heavy atom. The Labute approximate surface area is 242 Å². The minimum Gasteiger partial charge on any atom is -0.370 e. The van der Waals surface area contributed by atoms with Crippen molar-refractivity contribution in [1.29, 1.82) is 0 Å². The summed E-state index contributed by atoms with van der Waals surface area (Å²) in [6.07, 6.45) is 4.02. The van der Waals surface area contributed by atoms with Crippen molar-refractivity contribution in [2.75, 3.05) is 26.2 Å². The van der Waals surface area contributed by atoms with Gasteiger partial charge in [-0.1, -0.05) is 66.9 Å². The zero-order valence-electron chi connectivity index (χ0n) is 25.6. The summed E-state index contributed by atoms with van der Waals surface area (Å²) in [6.45, 7) is 15.9. The SMILES string of the molecule is Cc1cc(C)cc(CC(=O)N2CC(CCCN=C(N)N)N(C[C@@H](N)Cc3ccc(C)cc3C)C[C@H]2CC(C)C)c1. The largest absolute Gasteiger partial charge is 0.370 e. The smallest absolute Gasteiger partial charge is 0.227 e. The van der Waals surface area contributed by atoms with Crippen LogP contribution in [0.25, 0.3) is 0 Å². The number of carbonyl (C=O) groups is 1. The van der Waals surface area contributed by atoms with Crippen LogP contribution in [-0.4, -0.2) is 66.0 Å². The summed E-state index contributed by atoms with van der Waals surface area (Å²) in [4.78, 5) is 22.7. The molecule has 1 fully saturated rings. The van der Waals surface area contributed by atoms with E-state index in [9.17, 15) is 4.79 Å². The predicted molar refractivity (Wildman–Crippen MR) is 167 cm³/mol. The molecule has 0 spiro atoms. The summed E-state index contributed by atoms with van der Waals surface area (Å²) >= 11 is 0. The van der Waals surface area contributed by atoms with Gasteiger partial charge in [0, 0.05) is 44.3 Å². The molecule has 1 unspecified atom stereocenters. The number of aryl methyl sites for hydroxylation is 4. The Bertz CT molecular complexity index is 1140. The lowest BCUT2D eigenvalue weighted by Gasteiger charge is -2.48. The zero-order valence-corrected chi connectivity index (χ0v) is 25.6. The van der Waals surface area contributed by atoms with Crippen LogP contribution in [0, 0.1) is 33.6 Å². The molecule has 0 bridgehead atoms. The van der Waals surface area contributed by atoms with Gasteiger partial charge in [-0.2, -0.15) is 0 Å². The second-order valence-electron chi connectivity index (χ2n) is 12.5. The van der Waals surface area contributed by atoms with Crippen molar-refractivity contribution in [3.8, 4) is 0 Å². The van der Waals surface area contributed by atoms with Crippen molar-refractivity contribution in [3.63, 3.8) is 0 Å². The van der Waals surface area contributed by atoms with Gasteiger partial charge in [-0.15, -0.1) is 0 Å². The van der Waals surface area contributed by atoms with Crippen molar-refractivity contribution in [2.24, 2.45) is 28.1 Å². The maximum absolute atomic E-state index is 13.8. The van der Waals surface area contributed by atoms with E-state index >= 15 is 0 Å². The van der Waals surface area contributed by atoms with Crippen molar-refractivity contribution >= 4 is 11.9 Å². The van der Waals surface area contributed by atoms with Gasteiger partial charge in [-0.25, -0.2) is 0 Å². The summed E-state index contributed by atoms with van der Waals surface area (Å²) in [5.74, 6) is 0.827. The minimum absolute atomic E-state index is 0.0128. The molecule has 220 valence electrons. The highest BCUT2D eigenvalue weighted by atomic mass is 16.2. The molecule has 7 nitrogen and oxygen atoms in total. The van der Waals surface area contributed by atoms with Crippen LogP contribution in [0.5, 0.6) is 0 Å². The quantitative estimate of drug-likeness (QED) is 0.211. The number of hydrogen-bond donors (Lipinski definition) is 3. The molecule has 3 rings (SSSR count). The molecule has 6 N–H and O–H groups in total. The second-order valence-corrected chi connectivity index (χ2v) is 12.5. The molecule has 0 aromatic heterocycles. The lowest BCUT2D eigenvalue weighted by Crippen LogP contribution is -2.62. The van der Waals surface area contributed by atoms with Gasteiger partial charge in [0.25, 0.3) is 0 Å². The third kappa shape index (κ3) is 9.63. The van der Waals surface area contributed by atoms with E-state index in [2.05, 4.69) is 92.7 Å². The first-order valence-electron chi connectivity index (χ1n) is 14.9. The van der Waals surface area contributed by atoms with E-state index in [1.165, 1.54) is 27.8 Å². The first-order valence-corrected chi connectivity index (χ1v) is 14.9. The highest BCUT2D eigenvalue weighted by Crippen LogP contribution is 2.25. The van der Waals surface area contributed by atoms with Crippen LogP contribution in [0.4, 0.5) is 0 Å². The third-order valence-corrected chi connectivity index (χ3v) is 7.95. The number of aliphatic imine (C=N–C) groups is 1. The first-order chi connectivity index (χ1) is 18.9. The van der Waals surface area contributed by atoms with Crippen LogP contribution in [0.2, 0.25) is 0 Å². The third-order valence-electron chi connectivity index (χ3n) is 7.95. The molecule has 1 aliphatic heterocycles. The van der Waals surface area contributed by atoms with Crippen LogP contribution in [0.3, 0.4) is 0 Å². The average Bonchev–Trinajstić information content (AvgIpc) is 2.83. The summed E-state index contributed by atoms with van der Waals surface area (Å²) in [6, 6.07) is 13.4. The summed E-state index contributed by atoms with van der Waals surface area (Å²) in [7, 11) is 0. The number of benzene rings is 2. The van der Waals surface area contributed by atoms with E-state index in [-0.39, 0.29) is 30.0 Å². The fraction of sp³-hybridized carbons (Fsp3) is 0.576. The van der Waals surface area contributed by atoms with Gasteiger partial charge < -0.3 is 22.1 Å². The Morgan fingerprint density at radius 2 is 1.68 bits per heavy atom. The molecule has 40 heavy (non-hydrogen) atoms. The molecule has 1 amide bonds. The summed E-state index contributed by atoms with van der Waals surface area (Å²) < 4.78 is 0. The highest BCUT2D eigenvalue weighted by Gasteiger charge is 2.36. The van der Waals surface area contributed by atoms with Crippen LogP contribution in [0.1, 0.15) is 66.5 Å². The normalized spacial score (nSPS) is 18.6. The number of nitrogens with zero attached hydrogens (tertiary/aromatic N) is 3. The van der Waals surface area contributed by atoms with E-state index in [0.717, 1.165) is 44.3 Å². The summed E-state index contributed by atoms with van der Waals surface area (Å²) in [5.41, 5.74) is 25.3. The second kappa shape index (κ2) is 14.6. The Hall–Kier alpha value is -2.90. The van der Waals surface area contributed by atoms with Gasteiger partial charge in [-0.3, -0.25) is 14.7 Å². The molecule has 1 saturated heterocycles. The van der Waals surface area contributed by atoms with Gasteiger partial charge in [0.2, 0.25) is 5.91 Å². The topological polar surface area (TPSA) is 114 Å². The molecule has 0 radical (unpaired) electrons. The van der Waals surface area contributed by atoms with Gasteiger partial charge in [0.15, 0.2) is 5.96 Å². The number of amides is 1. The Balaban J connectivity index is 1.80. The molecule has 2 aromatic rings. The van der Waals surface area contributed by atoms with E-state index < -0.39 is 0 Å². The van der Waals surface area contributed by atoms with Gasteiger partial charge in [0.1, 0.15) is 0 Å². The van der Waals surface area contributed by atoms with E-state index in [1.807, 2.05) is 0 Å². The van der Waals surface area contributed by atoms with E-state index in [0.29, 0.717) is 25.4 Å². The molecule has 7 heteroatoms. The van der Waals surface area contributed by atoms with Gasteiger partial charge in [0.05, 0.1) is 6.42 Å². The first kappa shape index (κ1) is 31.6. The number of hydrogen-bond acceptors (Lipinski definition) is 4. The molecular formula is C33H52N6O. The lowest BCUT2D eigenvalue weighted by molar-refractivity contribution is -0.138. The number of rotatable bonds is 12. The Morgan fingerprint density at radius 3 is 2.30 bits per heavy atom. The number of guanidine groups is 1. The maximum atomic E-state index is 13.8. The average molecular weight is 549 g/mol. The molecular weight excluding hydrogens is 496 g/mol. The minimum atomic E-state index is 0.0128. The van der Waals surface area contributed by atoms with Crippen molar-refractivity contribution < 1.29 is 4.79 Å². The highest BCUT2D eigenvalue weighted by molar-refractivity contribution is 5.79. The zero-order chi connectivity index (χ0) is 29.4. The van der Waals surface area contributed by atoms with E-state index in [4.69, 9.17) is 17.2 Å².